The number of sulfonamides is 1. The zero-order chi connectivity index (χ0) is 29.6. The SMILES string of the molecule is O=C1Cc2cccc(c2)CCOCC2CC[C@H]2CN2C[C@@]3(CCCc4cc(Cl)ccc43)COc3ccc(cc32)S(=O)(=O)N1. The minimum atomic E-state index is -4.09. The molecule has 9 heteroatoms. The zero-order valence-corrected chi connectivity index (χ0v) is 25.8. The molecule has 1 spiro atoms. The molecular weight excluding hydrogens is 584 g/mol. The number of carbonyl (C=O) groups excluding carboxylic acids is 1. The fourth-order valence-electron chi connectivity index (χ4n) is 7.39. The first kappa shape index (κ1) is 28.7. The molecule has 2 aliphatic carbocycles. The molecule has 0 radical (unpaired) electrons. The van der Waals surface area contributed by atoms with E-state index in [2.05, 4.69) is 21.8 Å². The Balaban J connectivity index is 1.27. The predicted octanol–water partition coefficient (Wildman–Crippen LogP) is 5.46. The maximum Gasteiger partial charge on any atom is 0.264 e. The van der Waals surface area contributed by atoms with Crippen molar-refractivity contribution >= 4 is 33.2 Å². The molecule has 1 fully saturated rings. The van der Waals surface area contributed by atoms with Crippen molar-refractivity contribution in [1.29, 1.82) is 0 Å². The molecule has 3 aromatic rings. The van der Waals surface area contributed by atoms with E-state index in [9.17, 15) is 13.2 Å². The number of amides is 1. The molecule has 226 valence electrons. The Bertz CT molecular complexity index is 1660. The first-order valence-electron chi connectivity index (χ1n) is 15.3. The van der Waals surface area contributed by atoms with Crippen LogP contribution in [0.3, 0.4) is 0 Å². The highest BCUT2D eigenvalue weighted by molar-refractivity contribution is 7.90. The van der Waals surface area contributed by atoms with E-state index >= 15 is 0 Å². The van der Waals surface area contributed by atoms with Gasteiger partial charge in [-0.2, -0.15) is 0 Å². The highest BCUT2D eigenvalue weighted by atomic mass is 35.5. The van der Waals surface area contributed by atoms with Crippen molar-refractivity contribution in [2.75, 3.05) is 37.8 Å². The topological polar surface area (TPSA) is 84.9 Å². The van der Waals surface area contributed by atoms with E-state index in [1.165, 1.54) is 17.2 Å². The number of nitrogens with one attached hydrogen (secondary N) is 1. The van der Waals surface area contributed by atoms with Crippen molar-refractivity contribution in [2.24, 2.45) is 11.8 Å². The summed E-state index contributed by atoms with van der Waals surface area (Å²) in [5, 5.41) is 0.742. The molecule has 1 saturated carbocycles. The number of rotatable bonds is 0. The molecule has 2 heterocycles. The highest BCUT2D eigenvalue weighted by Crippen LogP contribution is 2.46. The van der Waals surface area contributed by atoms with Gasteiger partial charge in [-0.25, -0.2) is 13.1 Å². The number of fused-ring (bicyclic) bond motifs is 6. The second-order valence-corrected chi connectivity index (χ2v) is 14.8. The summed E-state index contributed by atoms with van der Waals surface area (Å²) in [6, 6.07) is 18.9. The van der Waals surface area contributed by atoms with Gasteiger partial charge in [0.1, 0.15) is 5.75 Å². The molecule has 1 N–H and O–H groups in total. The van der Waals surface area contributed by atoms with Gasteiger partial charge in [0.25, 0.3) is 10.0 Å². The molecule has 3 aromatic carbocycles. The number of hydrogen-bond donors (Lipinski definition) is 1. The summed E-state index contributed by atoms with van der Waals surface area (Å²) in [6.07, 6.45) is 5.95. The van der Waals surface area contributed by atoms with Crippen LogP contribution in [0.5, 0.6) is 5.75 Å². The molecule has 43 heavy (non-hydrogen) atoms. The minimum absolute atomic E-state index is 0.0240. The number of ether oxygens (including phenoxy) is 2. The Labute approximate surface area is 258 Å². The lowest BCUT2D eigenvalue weighted by molar-refractivity contribution is -0.118. The molecule has 3 atom stereocenters. The van der Waals surface area contributed by atoms with Crippen LogP contribution in [0.25, 0.3) is 0 Å². The average molecular weight is 621 g/mol. The molecule has 7 nitrogen and oxygen atoms in total. The smallest absolute Gasteiger partial charge is 0.264 e. The quantitative estimate of drug-likeness (QED) is 0.359. The normalized spacial score (nSPS) is 26.8. The average Bonchev–Trinajstić information content (AvgIpc) is 3.11. The number of carbonyl (C=O) groups is 1. The van der Waals surface area contributed by atoms with E-state index in [1.807, 2.05) is 30.3 Å². The third kappa shape index (κ3) is 5.77. The van der Waals surface area contributed by atoms with Crippen molar-refractivity contribution < 1.29 is 22.7 Å². The first-order chi connectivity index (χ1) is 20.8. The maximum absolute atomic E-state index is 13.5. The number of hydrogen-bond acceptors (Lipinski definition) is 6. The second-order valence-electron chi connectivity index (χ2n) is 12.7. The summed E-state index contributed by atoms with van der Waals surface area (Å²) in [5.41, 5.74) is 4.89. The van der Waals surface area contributed by atoms with Gasteiger partial charge in [-0.3, -0.25) is 4.79 Å². The summed E-state index contributed by atoms with van der Waals surface area (Å²) in [5.74, 6) is 0.990. The van der Waals surface area contributed by atoms with Gasteiger partial charge in [0.2, 0.25) is 5.91 Å². The number of halogens is 1. The number of nitrogens with zero attached hydrogens (tertiary/aromatic N) is 1. The van der Waals surface area contributed by atoms with E-state index in [-0.39, 0.29) is 16.7 Å². The Kier molecular flexibility index (Phi) is 7.64. The van der Waals surface area contributed by atoms with Crippen LogP contribution >= 0.6 is 11.6 Å². The molecule has 2 aliphatic heterocycles. The third-order valence-electron chi connectivity index (χ3n) is 9.82. The number of anilines is 1. The largest absolute Gasteiger partial charge is 0.490 e. The standard InChI is InChI=1S/C34H37ClN2O5S/c35-28-8-10-30-25(17-28)5-2-13-34(30)21-37-19-26-6-7-27(26)20-41-14-12-23-3-1-4-24(15-23)16-33(38)36-43(39,40)29-9-11-32(42-22-34)31(37)18-29/h1,3-4,8-11,15,17-18,26-27H,2,5-7,12-14,16,19-22H2,(H,36,38)/t26-,27?,34-/m0/s1. The van der Waals surface area contributed by atoms with Crippen LogP contribution < -0.4 is 14.4 Å². The van der Waals surface area contributed by atoms with Crippen molar-refractivity contribution in [3.05, 3.63) is 87.9 Å². The van der Waals surface area contributed by atoms with Crippen LogP contribution in [0.2, 0.25) is 5.02 Å². The first-order valence-corrected chi connectivity index (χ1v) is 17.2. The predicted molar refractivity (Wildman–Crippen MR) is 166 cm³/mol. The van der Waals surface area contributed by atoms with Crippen molar-refractivity contribution in [3.63, 3.8) is 0 Å². The van der Waals surface area contributed by atoms with Gasteiger partial charge in [0.05, 0.1) is 30.2 Å². The lowest BCUT2D eigenvalue weighted by Crippen LogP contribution is -2.48. The monoisotopic (exact) mass is 620 g/mol. The van der Waals surface area contributed by atoms with E-state index in [1.54, 1.807) is 12.1 Å². The molecule has 1 amide bonds. The Morgan fingerprint density at radius 1 is 0.977 bits per heavy atom. The van der Waals surface area contributed by atoms with Crippen LogP contribution in [0.1, 0.15) is 47.9 Å². The zero-order valence-electron chi connectivity index (χ0n) is 24.2. The maximum atomic E-state index is 13.5. The van der Waals surface area contributed by atoms with Crippen LogP contribution in [0.4, 0.5) is 5.69 Å². The lowest BCUT2D eigenvalue weighted by Gasteiger charge is -2.44. The molecule has 7 rings (SSSR count). The highest BCUT2D eigenvalue weighted by Gasteiger charge is 2.43. The van der Waals surface area contributed by atoms with Gasteiger partial charge >= 0.3 is 0 Å². The molecule has 4 bridgehead atoms. The van der Waals surface area contributed by atoms with Gasteiger partial charge in [-0.15, -0.1) is 0 Å². The van der Waals surface area contributed by atoms with Gasteiger partial charge in [0.15, 0.2) is 0 Å². The lowest BCUT2D eigenvalue weighted by atomic mass is 9.69. The molecular formula is C34H37ClN2O5S. The summed E-state index contributed by atoms with van der Waals surface area (Å²) >= 11 is 6.40. The van der Waals surface area contributed by atoms with Gasteiger partial charge in [0, 0.05) is 30.1 Å². The van der Waals surface area contributed by atoms with E-state index in [0.717, 1.165) is 66.9 Å². The molecule has 4 aliphatic rings. The third-order valence-corrected chi connectivity index (χ3v) is 11.4. The van der Waals surface area contributed by atoms with Crippen molar-refractivity contribution in [2.45, 2.75) is 55.3 Å². The summed E-state index contributed by atoms with van der Waals surface area (Å²) in [7, 11) is -4.09. The van der Waals surface area contributed by atoms with E-state index in [4.69, 9.17) is 21.1 Å². The van der Waals surface area contributed by atoms with Crippen LogP contribution in [-0.2, 0) is 44.2 Å². The van der Waals surface area contributed by atoms with Crippen molar-refractivity contribution in [3.8, 4) is 5.75 Å². The molecule has 0 aromatic heterocycles. The summed E-state index contributed by atoms with van der Waals surface area (Å²) < 4.78 is 42.0. The van der Waals surface area contributed by atoms with Gasteiger partial charge < -0.3 is 14.4 Å². The van der Waals surface area contributed by atoms with Crippen molar-refractivity contribution in [1.82, 2.24) is 4.72 Å². The number of aryl methyl sites for hydroxylation is 1. The molecule has 0 saturated heterocycles. The van der Waals surface area contributed by atoms with E-state index in [0.29, 0.717) is 44.0 Å². The van der Waals surface area contributed by atoms with Gasteiger partial charge in [-0.05, 0) is 103 Å². The van der Waals surface area contributed by atoms with Crippen LogP contribution in [0, 0.1) is 11.8 Å². The second kappa shape index (κ2) is 11.5. The summed E-state index contributed by atoms with van der Waals surface area (Å²) in [6.45, 7) is 3.32. The summed E-state index contributed by atoms with van der Waals surface area (Å²) in [4.78, 5) is 15.3. The number of benzene rings is 3. The fourth-order valence-corrected chi connectivity index (χ4v) is 8.59. The Morgan fingerprint density at radius 2 is 1.84 bits per heavy atom. The van der Waals surface area contributed by atoms with Crippen LogP contribution in [0.15, 0.2) is 65.6 Å². The van der Waals surface area contributed by atoms with Crippen LogP contribution in [-0.4, -0.2) is 47.2 Å². The van der Waals surface area contributed by atoms with E-state index < -0.39 is 15.9 Å². The molecule has 1 unspecified atom stereocenters. The fraction of sp³-hybridized carbons (Fsp3) is 0.441. The van der Waals surface area contributed by atoms with Gasteiger partial charge in [-0.1, -0.05) is 41.9 Å². The Hall–Kier alpha value is -3.07. The Morgan fingerprint density at radius 3 is 2.70 bits per heavy atom. The minimum Gasteiger partial charge on any atom is -0.490 e.